The van der Waals surface area contributed by atoms with Crippen molar-refractivity contribution >= 4 is 32.7 Å². The SMILES string of the molecule is COc1ccc(-c2c(F)ccc3[nH]ncc23)c(F)c1N1CC(=O)NS1(=O)=O. The van der Waals surface area contributed by atoms with Crippen LogP contribution in [0.1, 0.15) is 0 Å². The van der Waals surface area contributed by atoms with Crippen molar-refractivity contribution in [2.75, 3.05) is 18.0 Å². The van der Waals surface area contributed by atoms with Gasteiger partial charge in [0.1, 0.15) is 23.8 Å². The molecule has 0 radical (unpaired) electrons. The van der Waals surface area contributed by atoms with Crippen LogP contribution in [0.25, 0.3) is 22.0 Å². The van der Waals surface area contributed by atoms with E-state index in [-0.39, 0.29) is 16.9 Å². The summed E-state index contributed by atoms with van der Waals surface area (Å²) in [5.41, 5.74) is -0.273. The molecule has 0 atom stereocenters. The first kappa shape index (κ1) is 17.2. The summed E-state index contributed by atoms with van der Waals surface area (Å²) in [4.78, 5) is 11.5. The molecule has 2 N–H and O–H groups in total. The van der Waals surface area contributed by atoms with Gasteiger partial charge in [0.25, 0.3) is 5.91 Å². The van der Waals surface area contributed by atoms with E-state index in [2.05, 4.69) is 10.2 Å². The van der Waals surface area contributed by atoms with Crippen LogP contribution in [0.15, 0.2) is 30.5 Å². The average molecular weight is 394 g/mol. The lowest BCUT2D eigenvalue weighted by Crippen LogP contribution is -2.30. The third-order valence-electron chi connectivity index (χ3n) is 4.21. The first-order chi connectivity index (χ1) is 12.8. The highest BCUT2D eigenvalue weighted by atomic mass is 32.2. The van der Waals surface area contributed by atoms with E-state index in [0.717, 1.165) is 6.07 Å². The van der Waals surface area contributed by atoms with Crippen LogP contribution >= 0.6 is 0 Å². The largest absolute Gasteiger partial charge is 0.494 e. The molecule has 0 bridgehead atoms. The van der Waals surface area contributed by atoms with Crippen molar-refractivity contribution in [3.8, 4) is 16.9 Å². The van der Waals surface area contributed by atoms with Gasteiger partial charge in [0.2, 0.25) is 0 Å². The van der Waals surface area contributed by atoms with Gasteiger partial charge in [-0.25, -0.2) is 17.8 Å². The number of nitrogens with one attached hydrogen (secondary N) is 2. The molecule has 8 nitrogen and oxygen atoms in total. The fourth-order valence-electron chi connectivity index (χ4n) is 3.05. The maximum atomic E-state index is 15.4. The van der Waals surface area contributed by atoms with Crippen LogP contribution in [-0.2, 0) is 15.0 Å². The number of carbonyl (C=O) groups excluding carboxylic acids is 1. The molecule has 1 amide bonds. The maximum absolute atomic E-state index is 15.4. The van der Waals surface area contributed by atoms with Gasteiger partial charge in [-0.1, -0.05) is 0 Å². The molecule has 11 heteroatoms. The molecule has 2 heterocycles. The molecule has 3 aromatic rings. The Hall–Kier alpha value is -3.21. The predicted octanol–water partition coefficient (Wildman–Crippen LogP) is 1.70. The fourth-order valence-corrected chi connectivity index (χ4v) is 4.21. The smallest absolute Gasteiger partial charge is 0.326 e. The number of carbonyl (C=O) groups is 1. The summed E-state index contributed by atoms with van der Waals surface area (Å²) in [6, 6.07) is 5.19. The van der Waals surface area contributed by atoms with Gasteiger partial charge in [0, 0.05) is 16.5 Å². The van der Waals surface area contributed by atoms with Crippen molar-refractivity contribution in [2.24, 2.45) is 0 Å². The molecule has 1 aromatic heterocycles. The van der Waals surface area contributed by atoms with E-state index in [9.17, 15) is 17.6 Å². The fraction of sp³-hybridized carbons (Fsp3) is 0.125. The number of aromatic nitrogens is 2. The highest BCUT2D eigenvalue weighted by molar-refractivity contribution is 7.92. The number of amides is 1. The van der Waals surface area contributed by atoms with Crippen LogP contribution in [0.5, 0.6) is 5.75 Å². The predicted molar refractivity (Wildman–Crippen MR) is 92.4 cm³/mol. The van der Waals surface area contributed by atoms with Crippen LogP contribution in [-0.4, -0.2) is 38.2 Å². The number of benzene rings is 2. The summed E-state index contributed by atoms with van der Waals surface area (Å²) in [6.07, 6.45) is 1.34. The normalized spacial score (nSPS) is 16.0. The Kier molecular flexibility index (Phi) is 3.77. The zero-order chi connectivity index (χ0) is 19.3. The van der Waals surface area contributed by atoms with Gasteiger partial charge in [0.15, 0.2) is 5.82 Å². The average Bonchev–Trinajstić information content (AvgIpc) is 3.18. The minimum atomic E-state index is -4.28. The molecule has 0 spiro atoms. The number of hydrogen-bond donors (Lipinski definition) is 2. The molecule has 2 aromatic carbocycles. The van der Waals surface area contributed by atoms with Crippen LogP contribution in [0.3, 0.4) is 0 Å². The number of rotatable bonds is 3. The molecule has 140 valence electrons. The van der Waals surface area contributed by atoms with Crippen LogP contribution < -0.4 is 13.8 Å². The molecule has 1 aliphatic rings. The van der Waals surface area contributed by atoms with Gasteiger partial charge >= 0.3 is 10.2 Å². The van der Waals surface area contributed by atoms with E-state index >= 15 is 4.39 Å². The Balaban J connectivity index is 2.01. The van der Waals surface area contributed by atoms with E-state index in [1.54, 1.807) is 4.72 Å². The van der Waals surface area contributed by atoms with Gasteiger partial charge in [0.05, 0.1) is 18.8 Å². The number of nitrogens with zero attached hydrogens (tertiary/aromatic N) is 2. The molecule has 4 rings (SSSR count). The highest BCUT2D eigenvalue weighted by Crippen LogP contribution is 2.41. The van der Waals surface area contributed by atoms with Gasteiger partial charge in [-0.05, 0) is 24.3 Å². The van der Waals surface area contributed by atoms with Gasteiger partial charge in [-0.3, -0.25) is 9.89 Å². The van der Waals surface area contributed by atoms with Gasteiger partial charge in [-0.15, -0.1) is 0 Å². The Bertz CT molecular complexity index is 1190. The Morgan fingerprint density at radius 1 is 1.22 bits per heavy atom. The summed E-state index contributed by atoms with van der Waals surface area (Å²) in [5, 5.41) is 6.81. The number of hydrogen-bond acceptors (Lipinski definition) is 5. The zero-order valence-corrected chi connectivity index (χ0v) is 14.6. The lowest BCUT2D eigenvalue weighted by Gasteiger charge is -2.20. The van der Waals surface area contributed by atoms with Crippen molar-refractivity contribution in [1.29, 1.82) is 0 Å². The van der Waals surface area contributed by atoms with Gasteiger partial charge < -0.3 is 4.74 Å². The topological polar surface area (TPSA) is 104 Å². The minimum absolute atomic E-state index is 0.0847. The summed E-state index contributed by atoms with van der Waals surface area (Å²) in [6.45, 7) is -0.614. The molecule has 0 unspecified atom stereocenters. The standard InChI is InChI=1S/C16H12F2N4O4S/c1-26-12-5-2-8(14-9-6-19-20-11(9)4-3-10(14)17)15(18)16(12)22-7-13(23)21-27(22,24)25/h2-6H,7H2,1H3,(H,19,20)(H,21,23). The number of anilines is 1. The second-order valence-corrected chi connectivity index (χ2v) is 7.36. The monoisotopic (exact) mass is 394 g/mol. The van der Waals surface area contributed by atoms with Gasteiger partial charge in [-0.2, -0.15) is 13.5 Å². The molecule has 1 fully saturated rings. The van der Waals surface area contributed by atoms with E-state index in [4.69, 9.17) is 4.74 Å². The Morgan fingerprint density at radius 2 is 2.00 bits per heavy atom. The molecule has 0 saturated carbocycles. The maximum Gasteiger partial charge on any atom is 0.326 e. The summed E-state index contributed by atoms with van der Waals surface area (Å²) < 4.78 is 61.7. The molecular formula is C16H12F2N4O4S. The first-order valence-electron chi connectivity index (χ1n) is 7.65. The van der Waals surface area contributed by atoms with Crippen molar-refractivity contribution in [3.63, 3.8) is 0 Å². The second kappa shape index (κ2) is 5.91. The molecule has 1 aliphatic heterocycles. The van der Waals surface area contributed by atoms with Crippen molar-refractivity contribution < 1.29 is 26.7 Å². The third kappa shape index (κ3) is 2.58. The van der Waals surface area contributed by atoms with Crippen molar-refractivity contribution in [2.45, 2.75) is 0 Å². The van der Waals surface area contributed by atoms with Crippen molar-refractivity contribution in [1.82, 2.24) is 14.9 Å². The Labute approximate surface area is 151 Å². The van der Waals surface area contributed by atoms with E-state index < -0.39 is 40.0 Å². The number of H-pyrrole nitrogens is 1. The van der Waals surface area contributed by atoms with Crippen molar-refractivity contribution in [3.05, 3.63) is 42.1 Å². The molecule has 0 aliphatic carbocycles. The molecule has 27 heavy (non-hydrogen) atoms. The summed E-state index contributed by atoms with van der Waals surface area (Å²) in [5.74, 6) is -2.68. The zero-order valence-electron chi connectivity index (χ0n) is 13.8. The highest BCUT2D eigenvalue weighted by Gasteiger charge is 2.38. The quantitative estimate of drug-likeness (QED) is 0.704. The summed E-state index contributed by atoms with van der Waals surface area (Å²) >= 11 is 0. The number of aromatic amines is 1. The molecular weight excluding hydrogens is 382 g/mol. The van der Waals surface area contributed by atoms with E-state index in [0.29, 0.717) is 15.2 Å². The third-order valence-corrected chi connectivity index (χ3v) is 5.59. The number of fused-ring (bicyclic) bond motifs is 1. The Morgan fingerprint density at radius 3 is 2.67 bits per heavy atom. The van der Waals surface area contributed by atoms with E-state index in [1.807, 2.05) is 0 Å². The van der Waals surface area contributed by atoms with Crippen LogP contribution in [0.4, 0.5) is 14.5 Å². The number of methoxy groups -OCH3 is 1. The van der Waals surface area contributed by atoms with Crippen LogP contribution in [0.2, 0.25) is 0 Å². The van der Waals surface area contributed by atoms with E-state index in [1.165, 1.54) is 31.5 Å². The van der Waals surface area contributed by atoms with Crippen LogP contribution in [0, 0.1) is 11.6 Å². The lowest BCUT2D eigenvalue weighted by molar-refractivity contribution is -0.117. The minimum Gasteiger partial charge on any atom is -0.494 e. The number of halogens is 2. The number of ether oxygens (including phenoxy) is 1. The molecule has 1 saturated heterocycles. The second-order valence-electron chi connectivity index (χ2n) is 5.77. The summed E-state index contributed by atoms with van der Waals surface area (Å²) in [7, 11) is -3.05. The first-order valence-corrected chi connectivity index (χ1v) is 9.09. The lowest BCUT2D eigenvalue weighted by atomic mass is 9.99.